The third-order valence-electron chi connectivity index (χ3n) is 2.73. The summed E-state index contributed by atoms with van der Waals surface area (Å²) in [4.78, 5) is 14.6. The van der Waals surface area contributed by atoms with Crippen LogP contribution in [-0.4, -0.2) is 30.2 Å². The number of carboxylic acid groups (broad SMARTS) is 1. The monoisotopic (exact) mass is 276 g/mol. The Morgan fingerprint density at radius 2 is 2.18 bits per heavy atom. The van der Waals surface area contributed by atoms with Crippen molar-refractivity contribution < 1.29 is 18.3 Å². The number of carbonyl (C=O) groups is 1. The molecular formula is C9H12N2O4S2. The predicted molar refractivity (Wildman–Crippen MR) is 63.9 cm³/mol. The standard InChI is InChI=1S/C9H12N2O4S2/c10-7-6(9(12)13)11-8(16-7)5-3-1-2-4-17(5,14)15/h5H,1-4,10H2,(H,12,13). The number of aromatic carboxylic acids is 1. The molecular weight excluding hydrogens is 264 g/mol. The zero-order valence-corrected chi connectivity index (χ0v) is 10.6. The maximum absolute atomic E-state index is 11.9. The van der Waals surface area contributed by atoms with Gasteiger partial charge < -0.3 is 10.8 Å². The number of anilines is 1. The van der Waals surface area contributed by atoms with Crippen LogP contribution in [0.2, 0.25) is 0 Å². The predicted octanol–water partition coefficient (Wildman–Crippen LogP) is 1.06. The molecule has 1 aliphatic rings. The molecule has 1 fully saturated rings. The molecule has 0 radical (unpaired) electrons. The van der Waals surface area contributed by atoms with Gasteiger partial charge in [-0.1, -0.05) is 17.8 Å². The quantitative estimate of drug-likeness (QED) is 0.835. The molecule has 94 valence electrons. The molecule has 8 heteroatoms. The number of rotatable bonds is 2. The minimum atomic E-state index is -3.21. The number of hydrogen-bond acceptors (Lipinski definition) is 6. The van der Waals surface area contributed by atoms with Gasteiger partial charge in [0.1, 0.15) is 15.3 Å². The smallest absolute Gasteiger partial charge is 0.357 e. The number of nitrogens with two attached hydrogens (primary N) is 1. The largest absolute Gasteiger partial charge is 0.476 e. The Hall–Kier alpha value is -1.15. The molecule has 2 heterocycles. The summed E-state index contributed by atoms with van der Waals surface area (Å²) in [5, 5.41) is 8.51. The molecule has 0 spiro atoms. The van der Waals surface area contributed by atoms with Gasteiger partial charge in [-0.3, -0.25) is 0 Å². The van der Waals surface area contributed by atoms with E-state index in [9.17, 15) is 13.2 Å². The molecule has 1 aliphatic heterocycles. The summed E-state index contributed by atoms with van der Waals surface area (Å²) >= 11 is 0.958. The van der Waals surface area contributed by atoms with Crippen LogP contribution in [-0.2, 0) is 9.84 Å². The van der Waals surface area contributed by atoms with Crippen molar-refractivity contribution in [3.63, 3.8) is 0 Å². The van der Waals surface area contributed by atoms with E-state index in [1.165, 1.54) is 0 Å². The SMILES string of the molecule is Nc1sc(C2CCCCS2(=O)=O)nc1C(=O)O. The van der Waals surface area contributed by atoms with Crippen LogP contribution >= 0.6 is 11.3 Å². The average molecular weight is 276 g/mol. The lowest BCUT2D eigenvalue weighted by Crippen LogP contribution is -2.21. The summed E-state index contributed by atoms with van der Waals surface area (Å²) in [6.45, 7) is 0. The Labute approximate surface area is 102 Å². The number of nitrogen functional groups attached to an aromatic ring is 1. The summed E-state index contributed by atoms with van der Waals surface area (Å²) in [6.07, 6.45) is 1.96. The van der Waals surface area contributed by atoms with Gasteiger partial charge in [-0.15, -0.1) is 0 Å². The number of nitrogens with zero attached hydrogens (tertiary/aromatic N) is 1. The molecule has 1 saturated heterocycles. The second kappa shape index (κ2) is 4.26. The highest BCUT2D eigenvalue weighted by Gasteiger charge is 2.33. The van der Waals surface area contributed by atoms with Gasteiger partial charge in [-0.25, -0.2) is 18.2 Å². The van der Waals surface area contributed by atoms with Crippen molar-refractivity contribution in [3.8, 4) is 0 Å². The van der Waals surface area contributed by atoms with E-state index in [0.717, 1.165) is 17.8 Å². The van der Waals surface area contributed by atoms with Crippen LogP contribution < -0.4 is 5.73 Å². The topological polar surface area (TPSA) is 110 Å². The number of carboxylic acids is 1. The highest BCUT2D eigenvalue weighted by Crippen LogP contribution is 2.37. The lowest BCUT2D eigenvalue weighted by molar-refractivity contribution is 0.0692. The molecule has 2 rings (SSSR count). The normalized spacial score (nSPS) is 23.4. The van der Waals surface area contributed by atoms with Gasteiger partial charge >= 0.3 is 5.97 Å². The highest BCUT2D eigenvalue weighted by molar-refractivity contribution is 7.91. The Morgan fingerprint density at radius 1 is 1.47 bits per heavy atom. The molecule has 17 heavy (non-hydrogen) atoms. The van der Waals surface area contributed by atoms with Crippen molar-refractivity contribution in [2.45, 2.75) is 24.5 Å². The minimum absolute atomic E-state index is 0.0632. The second-order valence-corrected chi connectivity index (χ2v) is 7.29. The number of sulfone groups is 1. The molecule has 1 unspecified atom stereocenters. The van der Waals surface area contributed by atoms with Gasteiger partial charge in [0, 0.05) is 0 Å². The van der Waals surface area contributed by atoms with E-state index in [-0.39, 0.29) is 16.4 Å². The molecule has 1 atom stereocenters. The molecule has 0 saturated carbocycles. The molecule has 6 nitrogen and oxygen atoms in total. The first kappa shape index (κ1) is 12.3. The maximum atomic E-state index is 11.9. The van der Waals surface area contributed by atoms with E-state index in [1.54, 1.807) is 0 Å². The van der Waals surface area contributed by atoms with E-state index in [4.69, 9.17) is 10.8 Å². The highest BCUT2D eigenvalue weighted by atomic mass is 32.2. The van der Waals surface area contributed by atoms with Crippen molar-refractivity contribution >= 4 is 32.1 Å². The van der Waals surface area contributed by atoms with Crippen LogP contribution in [0.15, 0.2) is 0 Å². The van der Waals surface area contributed by atoms with E-state index in [2.05, 4.69) is 4.98 Å². The Bertz CT molecular complexity index is 549. The van der Waals surface area contributed by atoms with Crippen molar-refractivity contribution in [1.82, 2.24) is 4.98 Å². The number of thiazole rings is 1. The number of hydrogen-bond donors (Lipinski definition) is 2. The summed E-state index contributed by atoms with van der Waals surface area (Å²) < 4.78 is 23.7. The zero-order chi connectivity index (χ0) is 12.6. The van der Waals surface area contributed by atoms with Crippen molar-refractivity contribution in [3.05, 3.63) is 10.7 Å². The first-order chi connectivity index (χ1) is 7.92. The van der Waals surface area contributed by atoms with Gasteiger partial charge in [0.05, 0.1) is 5.75 Å². The van der Waals surface area contributed by atoms with E-state index in [0.29, 0.717) is 17.8 Å². The van der Waals surface area contributed by atoms with Crippen LogP contribution in [0, 0.1) is 0 Å². The fraction of sp³-hybridized carbons (Fsp3) is 0.556. The molecule has 3 N–H and O–H groups in total. The van der Waals surface area contributed by atoms with E-state index < -0.39 is 21.1 Å². The second-order valence-electron chi connectivity index (χ2n) is 3.92. The number of aromatic nitrogens is 1. The maximum Gasteiger partial charge on any atom is 0.357 e. The van der Waals surface area contributed by atoms with Crippen molar-refractivity contribution in [1.29, 1.82) is 0 Å². The molecule has 1 aromatic rings. The van der Waals surface area contributed by atoms with Crippen molar-refractivity contribution in [2.24, 2.45) is 0 Å². The third-order valence-corrected chi connectivity index (χ3v) is 6.06. The van der Waals surface area contributed by atoms with Crippen LogP contribution in [0.1, 0.15) is 40.0 Å². The molecule has 0 amide bonds. The third kappa shape index (κ3) is 2.27. The molecule has 0 aromatic carbocycles. The zero-order valence-electron chi connectivity index (χ0n) is 8.92. The molecule has 1 aromatic heterocycles. The average Bonchev–Trinajstić information content (AvgIpc) is 2.59. The Balaban J connectivity index is 2.40. The molecule has 0 bridgehead atoms. The minimum Gasteiger partial charge on any atom is -0.476 e. The Kier molecular flexibility index (Phi) is 3.09. The van der Waals surface area contributed by atoms with E-state index >= 15 is 0 Å². The van der Waals surface area contributed by atoms with Gasteiger partial charge in [0.25, 0.3) is 0 Å². The summed E-state index contributed by atoms with van der Waals surface area (Å²) in [7, 11) is -3.21. The van der Waals surface area contributed by atoms with Crippen LogP contribution in [0.3, 0.4) is 0 Å². The summed E-state index contributed by atoms with van der Waals surface area (Å²) in [6, 6.07) is 0. The van der Waals surface area contributed by atoms with Gasteiger partial charge in [-0.05, 0) is 12.8 Å². The van der Waals surface area contributed by atoms with Crippen LogP contribution in [0.25, 0.3) is 0 Å². The lowest BCUT2D eigenvalue weighted by Gasteiger charge is -2.19. The first-order valence-electron chi connectivity index (χ1n) is 5.13. The van der Waals surface area contributed by atoms with Crippen LogP contribution in [0.5, 0.6) is 0 Å². The van der Waals surface area contributed by atoms with Gasteiger partial charge in [-0.2, -0.15) is 0 Å². The fourth-order valence-electron chi connectivity index (χ4n) is 1.87. The van der Waals surface area contributed by atoms with Crippen molar-refractivity contribution in [2.75, 3.05) is 11.5 Å². The fourth-order valence-corrected chi connectivity index (χ4v) is 5.07. The van der Waals surface area contributed by atoms with Gasteiger partial charge in [0.2, 0.25) is 0 Å². The Morgan fingerprint density at radius 3 is 2.71 bits per heavy atom. The first-order valence-corrected chi connectivity index (χ1v) is 7.66. The van der Waals surface area contributed by atoms with E-state index in [1.807, 2.05) is 0 Å². The van der Waals surface area contributed by atoms with Crippen LogP contribution in [0.4, 0.5) is 5.00 Å². The molecule has 0 aliphatic carbocycles. The lowest BCUT2D eigenvalue weighted by atomic mass is 10.2. The summed E-state index contributed by atoms with van der Waals surface area (Å²) in [5.74, 6) is -1.09. The summed E-state index contributed by atoms with van der Waals surface area (Å²) in [5.41, 5.74) is 5.27. The van der Waals surface area contributed by atoms with Gasteiger partial charge in [0.15, 0.2) is 15.5 Å².